The molecule has 5 aromatic rings. The maximum absolute atomic E-state index is 13.1. The van der Waals surface area contributed by atoms with Crippen molar-refractivity contribution in [2.75, 3.05) is 11.9 Å². The van der Waals surface area contributed by atoms with Crippen molar-refractivity contribution in [1.29, 1.82) is 0 Å². The van der Waals surface area contributed by atoms with Crippen molar-refractivity contribution < 1.29 is 9.53 Å². The van der Waals surface area contributed by atoms with Crippen LogP contribution in [0.3, 0.4) is 0 Å². The minimum absolute atomic E-state index is 0.131. The summed E-state index contributed by atoms with van der Waals surface area (Å²) < 4.78 is 6.89. The second kappa shape index (κ2) is 10.0. The predicted molar refractivity (Wildman–Crippen MR) is 136 cm³/mol. The van der Waals surface area contributed by atoms with Crippen LogP contribution in [0, 0.1) is 0 Å². The highest BCUT2D eigenvalue weighted by atomic mass is 16.5. The van der Waals surface area contributed by atoms with Crippen LogP contribution in [0.2, 0.25) is 0 Å². The third-order valence-corrected chi connectivity index (χ3v) is 5.45. The van der Waals surface area contributed by atoms with Gasteiger partial charge in [0.25, 0.3) is 11.5 Å². The number of fused-ring (bicyclic) bond motifs is 1. The Morgan fingerprint density at radius 3 is 2.37 bits per heavy atom. The lowest BCUT2D eigenvalue weighted by molar-refractivity contribution is 0.101. The van der Waals surface area contributed by atoms with Crippen molar-refractivity contribution in [3.63, 3.8) is 0 Å². The number of hydrogen-bond donors (Lipinski definition) is 1. The van der Waals surface area contributed by atoms with E-state index in [1.54, 1.807) is 0 Å². The molecular weight excluding hydrogens is 440 g/mol. The molecule has 7 heteroatoms. The van der Waals surface area contributed by atoms with Crippen molar-refractivity contribution in [1.82, 2.24) is 14.8 Å². The van der Waals surface area contributed by atoms with E-state index in [1.807, 2.05) is 91.0 Å². The van der Waals surface area contributed by atoms with Crippen molar-refractivity contribution >= 4 is 22.5 Å². The number of carbonyl (C=O) groups is 1. The van der Waals surface area contributed by atoms with Crippen LogP contribution < -0.4 is 15.6 Å². The molecule has 0 saturated heterocycles. The molecule has 0 aliphatic heterocycles. The van der Waals surface area contributed by atoms with Gasteiger partial charge in [0.15, 0.2) is 0 Å². The van der Waals surface area contributed by atoms with Gasteiger partial charge >= 0.3 is 0 Å². The van der Waals surface area contributed by atoms with Gasteiger partial charge in [-0.1, -0.05) is 66.7 Å². The van der Waals surface area contributed by atoms with Crippen molar-refractivity contribution in [3.8, 4) is 17.0 Å². The first kappa shape index (κ1) is 22.0. The summed E-state index contributed by atoms with van der Waals surface area (Å²) in [6.07, 6.45) is 0. The molecule has 0 aliphatic rings. The zero-order valence-corrected chi connectivity index (χ0v) is 18.8. The zero-order chi connectivity index (χ0) is 24.0. The van der Waals surface area contributed by atoms with Gasteiger partial charge in [0.05, 0.1) is 23.4 Å². The van der Waals surface area contributed by atoms with Crippen LogP contribution in [0.5, 0.6) is 5.75 Å². The highest BCUT2D eigenvalue weighted by Gasteiger charge is 2.14. The van der Waals surface area contributed by atoms with Crippen LogP contribution in [0.1, 0.15) is 10.5 Å². The zero-order valence-electron chi connectivity index (χ0n) is 18.8. The van der Waals surface area contributed by atoms with E-state index in [1.165, 1.54) is 16.8 Å². The fourth-order valence-electron chi connectivity index (χ4n) is 3.72. The maximum Gasteiger partial charge on any atom is 0.276 e. The molecule has 1 amide bonds. The van der Waals surface area contributed by atoms with Crippen molar-refractivity contribution in [2.45, 2.75) is 6.54 Å². The van der Waals surface area contributed by atoms with Gasteiger partial charge in [-0.2, -0.15) is 5.10 Å². The molecule has 3 aromatic carbocycles. The largest absolute Gasteiger partial charge is 0.492 e. The molecule has 2 aromatic heterocycles. The molecule has 172 valence electrons. The highest BCUT2D eigenvalue weighted by Crippen LogP contribution is 2.28. The number of nitrogens with one attached hydrogen (secondary N) is 1. The summed E-state index contributed by atoms with van der Waals surface area (Å²) in [6, 6.07) is 31.3. The molecule has 0 radical (unpaired) electrons. The number of benzene rings is 3. The quantitative estimate of drug-likeness (QED) is 0.376. The van der Waals surface area contributed by atoms with Gasteiger partial charge in [-0.05, 0) is 30.3 Å². The third kappa shape index (κ3) is 5.09. The molecule has 0 saturated carbocycles. The average Bonchev–Trinajstić information content (AvgIpc) is 2.90. The van der Waals surface area contributed by atoms with E-state index in [0.29, 0.717) is 11.4 Å². The van der Waals surface area contributed by atoms with Gasteiger partial charge in [0.1, 0.15) is 18.1 Å². The van der Waals surface area contributed by atoms with Gasteiger partial charge < -0.3 is 10.1 Å². The second-order valence-corrected chi connectivity index (χ2v) is 7.83. The molecule has 0 fully saturated rings. The van der Waals surface area contributed by atoms with Gasteiger partial charge in [-0.25, -0.2) is 9.67 Å². The number of amides is 1. The van der Waals surface area contributed by atoms with Gasteiger partial charge in [0.2, 0.25) is 0 Å². The molecular formula is C28H22N4O3. The molecule has 7 nitrogen and oxygen atoms in total. The lowest BCUT2D eigenvalue weighted by atomic mass is 10.1. The summed E-state index contributed by atoms with van der Waals surface area (Å²) in [6.45, 7) is 0.461. The summed E-state index contributed by atoms with van der Waals surface area (Å²) in [7, 11) is 0. The Bertz CT molecular complexity index is 1530. The average molecular weight is 463 g/mol. The number of nitrogens with zero attached hydrogens (tertiary/aromatic N) is 3. The number of aromatic nitrogens is 3. The molecule has 0 aliphatic carbocycles. The predicted octanol–water partition coefficient (Wildman–Crippen LogP) is 4.79. The summed E-state index contributed by atoms with van der Waals surface area (Å²) >= 11 is 0. The number of hydrogen-bond acceptors (Lipinski definition) is 5. The Morgan fingerprint density at radius 1 is 0.857 bits per heavy atom. The number of para-hydroxylation sites is 2. The Hall–Kier alpha value is -4.78. The number of carbonyl (C=O) groups excluding carboxylic acids is 1. The van der Waals surface area contributed by atoms with E-state index in [4.69, 9.17) is 9.72 Å². The molecule has 2 heterocycles. The first-order valence-electron chi connectivity index (χ1n) is 11.2. The molecule has 0 unspecified atom stereocenters. The third-order valence-electron chi connectivity index (χ3n) is 5.45. The maximum atomic E-state index is 13.1. The normalized spacial score (nSPS) is 10.7. The van der Waals surface area contributed by atoms with Crippen LogP contribution in [0.4, 0.5) is 5.69 Å². The molecule has 0 atom stereocenters. The molecule has 0 bridgehead atoms. The van der Waals surface area contributed by atoms with Crippen LogP contribution in [0.15, 0.2) is 108 Å². The van der Waals surface area contributed by atoms with Crippen molar-refractivity contribution in [2.24, 2.45) is 0 Å². The Morgan fingerprint density at radius 2 is 1.57 bits per heavy atom. The number of ether oxygens (including phenoxy) is 1. The number of anilines is 1. The van der Waals surface area contributed by atoms with Crippen LogP contribution in [-0.4, -0.2) is 27.3 Å². The smallest absolute Gasteiger partial charge is 0.276 e. The summed E-state index contributed by atoms with van der Waals surface area (Å²) in [5, 5.41) is 8.02. The van der Waals surface area contributed by atoms with Crippen LogP contribution >= 0.6 is 0 Å². The fourth-order valence-corrected chi connectivity index (χ4v) is 3.72. The molecule has 0 spiro atoms. The molecule has 35 heavy (non-hydrogen) atoms. The lowest BCUT2D eigenvalue weighted by Gasteiger charge is -2.12. The first-order valence-corrected chi connectivity index (χ1v) is 11.2. The summed E-state index contributed by atoms with van der Waals surface area (Å²) in [4.78, 5) is 30.1. The van der Waals surface area contributed by atoms with E-state index in [9.17, 15) is 9.59 Å². The minimum Gasteiger partial charge on any atom is -0.492 e. The summed E-state index contributed by atoms with van der Waals surface area (Å²) in [5.41, 5.74) is 2.89. The van der Waals surface area contributed by atoms with E-state index < -0.39 is 5.91 Å². The van der Waals surface area contributed by atoms with Gasteiger partial charge in [0, 0.05) is 17.0 Å². The van der Waals surface area contributed by atoms with E-state index in [2.05, 4.69) is 10.4 Å². The van der Waals surface area contributed by atoms with Gasteiger partial charge in [-0.15, -0.1) is 0 Å². The highest BCUT2D eigenvalue weighted by molar-refractivity contribution is 6.08. The number of pyridine rings is 1. The monoisotopic (exact) mass is 462 g/mol. The SMILES string of the molecule is O=C(Nc1cc(-c2ccccc2)nc2ccccc12)c1ccc(=O)n(CCOc2ccccc2)n1. The van der Waals surface area contributed by atoms with E-state index >= 15 is 0 Å². The molecule has 5 rings (SSSR count). The minimum atomic E-state index is -0.418. The fraction of sp³-hybridized carbons (Fsp3) is 0.0714. The Kier molecular flexibility index (Phi) is 6.30. The summed E-state index contributed by atoms with van der Waals surface area (Å²) in [5.74, 6) is 0.284. The topological polar surface area (TPSA) is 86.1 Å². The molecule has 1 N–H and O–H groups in total. The number of rotatable bonds is 7. The Balaban J connectivity index is 1.39. The van der Waals surface area contributed by atoms with E-state index in [0.717, 1.165) is 22.2 Å². The standard InChI is InChI=1S/C28H22N4O3/c33-27-16-15-24(31-32(27)17-18-35-21-11-5-2-6-12-21)28(34)30-26-19-25(20-9-3-1-4-10-20)29-23-14-8-7-13-22(23)26/h1-16,19H,17-18H2,(H,29,30,34). The van der Waals surface area contributed by atoms with Crippen LogP contribution in [-0.2, 0) is 6.54 Å². The first-order chi connectivity index (χ1) is 17.2. The van der Waals surface area contributed by atoms with Gasteiger partial charge in [-0.3, -0.25) is 9.59 Å². The van der Waals surface area contributed by atoms with Crippen LogP contribution in [0.25, 0.3) is 22.2 Å². The lowest BCUT2D eigenvalue weighted by Crippen LogP contribution is -2.28. The van der Waals surface area contributed by atoms with Crippen molar-refractivity contribution in [3.05, 3.63) is 119 Å². The van der Waals surface area contributed by atoms with E-state index in [-0.39, 0.29) is 24.4 Å². The second-order valence-electron chi connectivity index (χ2n) is 7.83. The Labute approximate surface area is 201 Å².